The Bertz CT molecular complexity index is 1280. The molecule has 0 saturated carbocycles. The Labute approximate surface area is 207 Å². The van der Waals surface area contributed by atoms with Gasteiger partial charge >= 0.3 is 12.1 Å². The molecular weight excluding hydrogens is 460 g/mol. The number of carbonyl (C=O) groups excluding carboxylic acids is 4. The second-order valence-electron chi connectivity index (χ2n) is 8.75. The molecule has 8 nitrogen and oxygen atoms in total. The Kier molecular flexibility index (Phi) is 6.49. The highest BCUT2D eigenvalue weighted by atomic mass is 16.6. The summed E-state index contributed by atoms with van der Waals surface area (Å²) in [5.74, 6) is -2.13. The van der Waals surface area contributed by atoms with Crippen molar-refractivity contribution in [1.82, 2.24) is 10.6 Å². The van der Waals surface area contributed by atoms with Gasteiger partial charge in [0.05, 0.1) is 6.42 Å². The van der Waals surface area contributed by atoms with Crippen molar-refractivity contribution in [2.45, 2.75) is 30.9 Å². The van der Waals surface area contributed by atoms with Gasteiger partial charge in [-0.15, -0.1) is 0 Å². The Balaban J connectivity index is 1.28. The van der Waals surface area contributed by atoms with Crippen LogP contribution in [0.3, 0.4) is 0 Å². The molecule has 1 aliphatic carbocycles. The summed E-state index contributed by atoms with van der Waals surface area (Å²) in [5, 5.41) is 4.69. The molecule has 0 spiro atoms. The number of imide groups is 1. The normalized spacial score (nSPS) is 17.1. The van der Waals surface area contributed by atoms with Crippen molar-refractivity contribution in [3.63, 3.8) is 0 Å². The molecular formula is C28H24N2O6. The molecule has 5 rings (SSSR count). The molecule has 1 heterocycles. The fraction of sp³-hybridized carbons (Fsp3) is 0.214. The second-order valence-corrected chi connectivity index (χ2v) is 8.75. The predicted octanol–water partition coefficient (Wildman–Crippen LogP) is 3.09. The monoisotopic (exact) mass is 484 g/mol. The maximum absolute atomic E-state index is 12.9. The van der Waals surface area contributed by atoms with Crippen molar-refractivity contribution in [1.29, 1.82) is 0 Å². The lowest BCUT2D eigenvalue weighted by atomic mass is 9.98. The number of hydrogen-bond donors (Lipinski definition) is 2. The maximum Gasteiger partial charge on any atom is 0.407 e. The summed E-state index contributed by atoms with van der Waals surface area (Å²) in [6, 6.07) is 24.0. The van der Waals surface area contributed by atoms with Gasteiger partial charge in [-0.05, 0) is 27.8 Å². The fourth-order valence-corrected chi connectivity index (χ4v) is 4.67. The van der Waals surface area contributed by atoms with Crippen molar-refractivity contribution < 1.29 is 28.7 Å². The van der Waals surface area contributed by atoms with E-state index in [1.165, 1.54) is 0 Å². The minimum atomic E-state index is -1.22. The van der Waals surface area contributed by atoms with Gasteiger partial charge in [0.25, 0.3) is 5.91 Å². The molecule has 0 radical (unpaired) electrons. The van der Waals surface area contributed by atoms with E-state index in [0.29, 0.717) is 0 Å². The highest BCUT2D eigenvalue weighted by Gasteiger charge is 2.36. The summed E-state index contributed by atoms with van der Waals surface area (Å²) in [6.07, 6.45) is -2.10. The van der Waals surface area contributed by atoms with Gasteiger partial charge < -0.3 is 14.8 Å². The first-order valence-corrected chi connectivity index (χ1v) is 11.7. The topological polar surface area (TPSA) is 111 Å². The standard InChI is InChI=1S/C28H24N2O6/c31-25-15-24(26(32)30-25)36-27(33)23(14-17-8-2-1-3-9-17)29-28(34)35-16-22-20-12-6-4-10-18(20)19-11-5-7-13-21(19)22/h1-13,22-24H,14-16H2,(H,29,34)(H,30,31,32)/t23-,24+/m1/s1. The average molecular weight is 485 g/mol. The summed E-state index contributed by atoms with van der Waals surface area (Å²) in [4.78, 5) is 49.0. The van der Waals surface area contributed by atoms with Crippen LogP contribution in [-0.2, 0) is 30.3 Å². The van der Waals surface area contributed by atoms with E-state index < -0.39 is 36.0 Å². The quantitative estimate of drug-likeness (QED) is 0.394. The lowest BCUT2D eigenvalue weighted by Crippen LogP contribution is -2.45. The lowest BCUT2D eigenvalue weighted by molar-refractivity contribution is -0.155. The number of hydrogen-bond acceptors (Lipinski definition) is 6. The van der Waals surface area contributed by atoms with Gasteiger partial charge in [-0.2, -0.15) is 0 Å². The van der Waals surface area contributed by atoms with Crippen LogP contribution in [0, 0.1) is 0 Å². The van der Waals surface area contributed by atoms with E-state index in [0.717, 1.165) is 27.8 Å². The zero-order valence-corrected chi connectivity index (χ0v) is 19.3. The van der Waals surface area contributed by atoms with E-state index in [4.69, 9.17) is 9.47 Å². The van der Waals surface area contributed by atoms with Crippen LogP contribution in [0.25, 0.3) is 11.1 Å². The number of fused-ring (bicyclic) bond motifs is 3. The van der Waals surface area contributed by atoms with Crippen LogP contribution in [0.5, 0.6) is 0 Å². The molecule has 2 N–H and O–H groups in total. The van der Waals surface area contributed by atoms with Gasteiger partial charge in [0.2, 0.25) is 5.91 Å². The number of esters is 1. The number of alkyl carbamates (subject to hydrolysis) is 1. The summed E-state index contributed by atoms with van der Waals surface area (Å²) >= 11 is 0. The first-order chi connectivity index (χ1) is 17.5. The van der Waals surface area contributed by atoms with Crippen LogP contribution in [0.2, 0.25) is 0 Å². The third kappa shape index (κ3) is 4.84. The summed E-state index contributed by atoms with van der Waals surface area (Å²) < 4.78 is 10.8. The molecule has 2 atom stereocenters. The number of benzene rings is 3. The smallest absolute Gasteiger partial charge is 0.407 e. The van der Waals surface area contributed by atoms with Gasteiger partial charge in [0.15, 0.2) is 6.10 Å². The van der Waals surface area contributed by atoms with Crippen LogP contribution in [0.15, 0.2) is 78.9 Å². The number of ether oxygens (including phenoxy) is 2. The Morgan fingerprint density at radius 3 is 2.11 bits per heavy atom. The van der Waals surface area contributed by atoms with Crippen molar-refractivity contribution >= 4 is 23.9 Å². The second kappa shape index (κ2) is 10.0. The maximum atomic E-state index is 12.9. The van der Waals surface area contributed by atoms with Crippen molar-refractivity contribution in [3.05, 3.63) is 95.6 Å². The van der Waals surface area contributed by atoms with Gasteiger partial charge in [0, 0.05) is 12.3 Å². The van der Waals surface area contributed by atoms with Gasteiger partial charge in [0.1, 0.15) is 12.6 Å². The van der Waals surface area contributed by atoms with Gasteiger partial charge in [-0.3, -0.25) is 14.9 Å². The molecule has 1 fully saturated rings. The zero-order chi connectivity index (χ0) is 25.1. The Morgan fingerprint density at radius 2 is 1.50 bits per heavy atom. The van der Waals surface area contributed by atoms with Crippen LogP contribution in [-0.4, -0.2) is 42.6 Å². The highest BCUT2D eigenvalue weighted by Crippen LogP contribution is 2.44. The summed E-state index contributed by atoms with van der Waals surface area (Å²) in [7, 11) is 0. The Hall–Kier alpha value is -4.46. The van der Waals surface area contributed by atoms with E-state index in [1.54, 1.807) is 0 Å². The molecule has 1 aliphatic heterocycles. The van der Waals surface area contributed by atoms with Gasteiger partial charge in [-0.1, -0.05) is 78.9 Å². The highest BCUT2D eigenvalue weighted by molar-refractivity contribution is 6.05. The van der Waals surface area contributed by atoms with Crippen molar-refractivity contribution in [2.75, 3.05) is 6.61 Å². The average Bonchev–Trinajstić information content (AvgIpc) is 3.38. The number of carbonyl (C=O) groups is 4. The minimum Gasteiger partial charge on any atom is -0.450 e. The first kappa shape index (κ1) is 23.3. The number of rotatable bonds is 7. The molecule has 0 unspecified atom stereocenters. The molecule has 3 amide bonds. The third-order valence-corrected chi connectivity index (χ3v) is 6.39. The Morgan fingerprint density at radius 1 is 0.889 bits per heavy atom. The van der Waals surface area contributed by atoms with Crippen molar-refractivity contribution in [2.24, 2.45) is 0 Å². The van der Waals surface area contributed by atoms with E-state index in [-0.39, 0.29) is 25.4 Å². The van der Waals surface area contributed by atoms with Gasteiger partial charge in [-0.25, -0.2) is 9.59 Å². The van der Waals surface area contributed by atoms with E-state index in [9.17, 15) is 19.2 Å². The lowest BCUT2D eigenvalue weighted by Gasteiger charge is -2.20. The third-order valence-electron chi connectivity index (χ3n) is 6.39. The number of nitrogens with one attached hydrogen (secondary N) is 2. The summed E-state index contributed by atoms with van der Waals surface area (Å²) in [5.41, 5.74) is 5.15. The molecule has 8 heteroatoms. The largest absolute Gasteiger partial charge is 0.450 e. The van der Waals surface area contributed by atoms with E-state index >= 15 is 0 Å². The molecule has 0 aromatic heterocycles. The molecule has 1 saturated heterocycles. The molecule has 3 aromatic carbocycles. The van der Waals surface area contributed by atoms with Crippen LogP contribution >= 0.6 is 0 Å². The first-order valence-electron chi connectivity index (χ1n) is 11.7. The summed E-state index contributed by atoms with van der Waals surface area (Å²) in [6.45, 7) is 0.0898. The molecule has 0 bridgehead atoms. The van der Waals surface area contributed by atoms with Crippen molar-refractivity contribution in [3.8, 4) is 11.1 Å². The van der Waals surface area contributed by atoms with E-state index in [1.807, 2.05) is 78.9 Å². The van der Waals surface area contributed by atoms with E-state index in [2.05, 4.69) is 10.6 Å². The molecule has 2 aliphatic rings. The molecule has 3 aromatic rings. The van der Waals surface area contributed by atoms with Crippen LogP contribution < -0.4 is 10.6 Å². The fourth-order valence-electron chi connectivity index (χ4n) is 4.67. The zero-order valence-electron chi connectivity index (χ0n) is 19.3. The number of amides is 3. The SMILES string of the molecule is O=C1C[C@H](OC(=O)[C@@H](Cc2ccccc2)NC(=O)OCC2c3ccccc3-c3ccccc32)C(=O)N1. The predicted molar refractivity (Wildman–Crippen MR) is 130 cm³/mol. The van der Waals surface area contributed by atoms with Crippen LogP contribution in [0.4, 0.5) is 4.79 Å². The molecule has 36 heavy (non-hydrogen) atoms. The minimum absolute atomic E-state index is 0.0898. The molecule has 182 valence electrons. The van der Waals surface area contributed by atoms with Crippen LogP contribution in [0.1, 0.15) is 29.0 Å².